The number of nitrogen functional groups attached to an aromatic ring is 1. The van der Waals surface area contributed by atoms with Crippen molar-refractivity contribution in [3.05, 3.63) is 48.2 Å². The molecule has 90 valence electrons. The highest BCUT2D eigenvalue weighted by atomic mass is 16.3. The summed E-state index contributed by atoms with van der Waals surface area (Å²) in [6.45, 7) is 3.03. The van der Waals surface area contributed by atoms with Gasteiger partial charge in [0.2, 0.25) is 0 Å². The standard InChI is InChI=1S/C13H17N3O/c1-2-6-16-13(12-4-3-8-17-12)10-9-15-7-5-11(10)14/h3-5,7-9,13,16H,2,6H2,1H3,(H2,14,15). The van der Waals surface area contributed by atoms with Crippen LogP contribution in [0.1, 0.15) is 30.7 Å². The molecule has 0 saturated heterocycles. The highest BCUT2D eigenvalue weighted by molar-refractivity contribution is 5.48. The van der Waals surface area contributed by atoms with Crippen molar-refractivity contribution in [3.8, 4) is 0 Å². The number of nitrogens with zero attached hydrogens (tertiary/aromatic N) is 1. The minimum Gasteiger partial charge on any atom is -0.467 e. The van der Waals surface area contributed by atoms with Crippen molar-refractivity contribution in [2.45, 2.75) is 19.4 Å². The smallest absolute Gasteiger partial charge is 0.125 e. The molecule has 2 rings (SSSR count). The second-order valence-electron chi connectivity index (χ2n) is 3.91. The lowest BCUT2D eigenvalue weighted by atomic mass is 10.0. The minimum atomic E-state index is -0.0290. The van der Waals surface area contributed by atoms with Crippen molar-refractivity contribution in [2.24, 2.45) is 0 Å². The van der Waals surface area contributed by atoms with Gasteiger partial charge in [-0.2, -0.15) is 0 Å². The van der Waals surface area contributed by atoms with Crippen LogP contribution in [0, 0.1) is 0 Å². The van der Waals surface area contributed by atoms with Gasteiger partial charge in [-0.25, -0.2) is 0 Å². The average molecular weight is 231 g/mol. The normalized spacial score (nSPS) is 12.5. The predicted molar refractivity (Wildman–Crippen MR) is 67.5 cm³/mol. The van der Waals surface area contributed by atoms with Crippen LogP contribution in [0.25, 0.3) is 0 Å². The molecule has 0 aliphatic rings. The zero-order valence-electron chi connectivity index (χ0n) is 9.89. The molecule has 17 heavy (non-hydrogen) atoms. The first-order chi connectivity index (χ1) is 8.33. The van der Waals surface area contributed by atoms with E-state index in [1.54, 1.807) is 24.7 Å². The third kappa shape index (κ3) is 2.65. The Morgan fingerprint density at radius 1 is 1.47 bits per heavy atom. The molecule has 1 unspecified atom stereocenters. The molecular formula is C13H17N3O. The fraction of sp³-hybridized carbons (Fsp3) is 0.308. The van der Waals surface area contributed by atoms with Gasteiger partial charge in [-0.15, -0.1) is 0 Å². The first kappa shape index (κ1) is 11.7. The van der Waals surface area contributed by atoms with E-state index in [2.05, 4.69) is 17.2 Å². The second kappa shape index (κ2) is 5.50. The lowest BCUT2D eigenvalue weighted by Gasteiger charge is -2.17. The molecule has 0 bridgehead atoms. The van der Waals surface area contributed by atoms with Crippen LogP contribution in [-0.2, 0) is 0 Å². The molecule has 2 aromatic rings. The number of rotatable bonds is 5. The summed E-state index contributed by atoms with van der Waals surface area (Å²) in [4.78, 5) is 4.12. The third-order valence-electron chi connectivity index (χ3n) is 2.62. The largest absolute Gasteiger partial charge is 0.467 e. The number of anilines is 1. The maximum atomic E-state index is 5.98. The number of nitrogens with two attached hydrogens (primary N) is 1. The Bertz CT molecular complexity index is 453. The van der Waals surface area contributed by atoms with E-state index < -0.39 is 0 Å². The maximum Gasteiger partial charge on any atom is 0.125 e. The van der Waals surface area contributed by atoms with Crippen molar-refractivity contribution >= 4 is 5.69 Å². The fourth-order valence-corrected chi connectivity index (χ4v) is 1.77. The number of nitrogens with one attached hydrogen (secondary N) is 1. The third-order valence-corrected chi connectivity index (χ3v) is 2.62. The van der Waals surface area contributed by atoms with Gasteiger partial charge in [0, 0.05) is 23.6 Å². The summed E-state index contributed by atoms with van der Waals surface area (Å²) < 4.78 is 5.46. The Kier molecular flexibility index (Phi) is 3.77. The van der Waals surface area contributed by atoms with E-state index in [-0.39, 0.29) is 6.04 Å². The van der Waals surface area contributed by atoms with Gasteiger partial charge in [-0.05, 0) is 31.2 Å². The molecule has 0 amide bonds. The number of hydrogen-bond donors (Lipinski definition) is 2. The lowest BCUT2D eigenvalue weighted by Crippen LogP contribution is -2.23. The SMILES string of the molecule is CCCNC(c1ccco1)c1cnccc1N. The van der Waals surface area contributed by atoms with Gasteiger partial charge >= 0.3 is 0 Å². The van der Waals surface area contributed by atoms with Gasteiger partial charge in [-0.3, -0.25) is 4.98 Å². The van der Waals surface area contributed by atoms with Crippen LogP contribution in [0.3, 0.4) is 0 Å². The highest BCUT2D eigenvalue weighted by Gasteiger charge is 2.18. The Morgan fingerprint density at radius 3 is 3.00 bits per heavy atom. The summed E-state index contributed by atoms with van der Waals surface area (Å²) in [5, 5.41) is 3.42. The van der Waals surface area contributed by atoms with Crippen LogP contribution >= 0.6 is 0 Å². The molecule has 4 nitrogen and oxygen atoms in total. The monoisotopic (exact) mass is 231 g/mol. The Morgan fingerprint density at radius 2 is 2.35 bits per heavy atom. The van der Waals surface area contributed by atoms with Gasteiger partial charge in [0.1, 0.15) is 5.76 Å². The molecule has 0 aliphatic carbocycles. The van der Waals surface area contributed by atoms with E-state index in [0.29, 0.717) is 0 Å². The summed E-state index contributed by atoms with van der Waals surface area (Å²) >= 11 is 0. The molecule has 0 fully saturated rings. The van der Waals surface area contributed by atoms with E-state index in [1.807, 2.05) is 12.1 Å². The predicted octanol–water partition coefficient (Wildman–Crippen LogP) is 2.35. The molecule has 1 atom stereocenters. The quantitative estimate of drug-likeness (QED) is 0.829. The van der Waals surface area contributed by atoms with Crippen molar-refractivity contribution in [2.75, 3.05) is 12.3 Å². The van der Waals surface area contributed by atoms with Gasteiger partial charge < -0.3 is 15.5 Å². The van der Waals surface area contributed by atoms with Crippen molar-refractivity contribution in [1.82, 2.24) is 10.3 Å². The molecule has 0 radical (unpaired) electrons. The second-order valence-corrected chi connectivity index (χ2v) is 3.91. The molecular weight excluding hydrogens is 214 g/mol. The average Bonchev–Trinajstić information content (AvgIpc) is 2.85. The van der Waals surface area contributed by atoms with Gasteiger partial charge in [0.25, 0.3) is 0 Å². The highest BCUT2D eigenvalue weighted by Crippen LogP contribution is 2.26. The molecule has 0 saturated carbocycles. The Balaban J connectivity index is 2.30. The Labute approximate surface area is 101 Å². The maximum absolute atomic E-state index is 5.98. The van der Waals surface area contributed by atoms with E-state index in [0.717, 1.165) is 30.0 Å². The number of aromatic nitrogens is 1. The zero-order chi connectivity index (χ0) is 12.1. The molecule has 2 heterocycles. The van der Waals surface area contributed by atoms with Crippen LogP contribution in [0.15, 0.2) is 41.3 Å². The summed E-state index contributed by atoms with van der Waals surface area (Å²) in [6.07, 6.45) is 6.20. The molecule has 0 spiro atoms. The van der Waals surface area contributed by atoms with Crippen LogP contribution in [-0.4, -0.2) is 11.5 Å². The Hall–Kier alpha value is -1.81. The first-order valence-electron chi connectivity index (χ1n) is 5.79. The molecule has 3 N–H and O–H groups in total. The van der Waals surface area contributed by atoms with Crippen molar-refractivity contribution in [1.29, 1.82) is 0 Å². The van der Waals surface area contributed by atoms with E-state index >= 15 is 0 Å². The van der Waals surface area contributed by atoms with E-state index in [4.69, 9.17) is 10.2 Å². The van der Waals surface area contributed by atoms with Gasteiger partial charge in [0.15, 0.2) is 0 Å². The number of hydrogen-bond acceptors (Lipinski definition) is 4. The molecule has 0 aliphatic heterocycles. The zero-order valence-corrected chi connectivity index (χ0v) is 9.89. The molecule has 2 aromatic heterocycles. The minimum absolute atomic E-state index is 0.0290. The molecule has 4 heteroatoms. The summed E-state index contributed by atoms with van der Waals surface area (Å²) in [5.41, 5.74) is 7.66. The van der Waals surface area contributed by atoms with Crippen molar-refractivity contribution in [3.63, 3.8) is 0 Å². The van der Waals surface area contributed by atoms with Crippen LogP contribution < -0.4 is 11.1 Å². The van der Waals surface area contributed by atoms with Crippen LogP contribution in [0.5, 0.6) is 0 Å². The van der Waals surface area contributed by atoms with Crippen LogP contribution in [0.4, 0.5) is 5.69 Å². The van der Waals surface area contributed by atoms with Crippen molar-refractivity contribution < 1.29 is 4.42 Å². The topological polar surface area (TPSA) is 64.1 Å². The van der Waals surface area contributed by atoms with E-state index in [1.165, 1.54) is 0 Å². The van der Waals surface area contributed by atoms with Gasteiger partial charge in [0.05, 0.1) is 12.3 Å². The lowest BCUT2D eigenvalue weighted by molar-refractivity contribution is 0.447. The summed E-state index contributed by atoms with van der Waals surface area (Å²) in [6, 6.07) is 5.60. The summed E-state index contributed by atoms with van der Waals surface area (Å²) in [5.74, 6) is 0.859. The van der Waals surface area contributed by atoms with E-state index in [9.17, 15) is 0 Å². The molecule has 0 aromatic carbocycles. The number of pyridine rings is 1. The summed E-state index contributed by atoms with van der Waals surface area (Å²) in [7, 11) is 0. The van der Waals surface area contributed by atoms with Gasteiger partial charge in [-0.1, -0.05) is 6.92 Å². The first-order valence-corrected chi connectivity index (χ1v) is 5.79. The number of furan rings is 1. The fourth-order valence-electron chi connectivity index (χ4n) is 1.77. The van der Waals surface area contributed by atoms with Crippen LogP contribution in [0.2, 0.25) is 0 Å².